The number of methoxy groups -OCH3 is 1. The Hall–Kier alpha value is -2.95. The number of amides is 1. The Balaban J connectivity index is 1.91. The fraction of sp³-hybridized carbons (Fsp3) is 0.286. The van der Waals surface area contributed by atoms with Crippen LogP contribution in [0.3, 0.4) is 0 Å². The minimum absolute atomic E-state index is 0.0625. The van der Waals surface area contributed by atoms with Gasteiger partial charge in [-0.15, -0.1) is 0 Å². The molecule has 0 bridgehead atoms. The number of hydrogen-bond acceptors (Lipinski definition) is 5. The van der Waals surface area contributed by atoms with Gasteiger partial charge in [0, 0.05) is 18.9 Å². The fourth-order valence-electron chi connectivity index (χ4n) is 2.24. The average molecular weight is 354 g/mol. The van der Waals surface area contributed by atoms with Crippen molar-refractivity contribution in [1.82, 2.24) is 24.4 Å². The molecule has 0 saturated heterocycles. The molecule has 3 heterocycles. The Morgan fingerprint density at radius 2 is 2.12 bits per heavy atom. The molecule has 0 aromatic carbocycles. The van der Waals surface area contributed by atoms with Gasteiger partial charge in [-0.25, -0.2) is 14.2 Å². The number of halogens is 3. The molecule has 132 valence electrons. The standard InChI is InChI=1S/C14H13F3N6O2/c1-8-3-11(14(15,16)17)23-12(19-8)4-10(21-23)13(24)20-9-5-18-22(6-9)7-25-2/h3-6H,7H2,1-2H3,(H,20,24). The maximum Gasteiger partial charge on any atom is 0.433 e. The number of aryl methyl sites for hydroxylation is 1. The third kappa shape index (κ3) is 3.45. The van der Waals surface area contributed by atoms with Crippen molar-refractivity contribution in [2.45, 2.75) is 19.8 Å². The summed E-state index contributed by atoms with van der Waals surface area (Å²) in [6.45, 7) is 1.63. The van der Waals surface area contributed by atoms with Gasteiger partial charge in [0.25, 0.3) is 5.91 Å². The summed E-state index contributed by atoms with van der Waals surface area (Å²) in [5.41, 5.74) is -0.718. The Morgan fingerprint density at radius 1 is 1.36 bits per heavy atom. The Kier molecular flexibility index (Phi) is 4.17. The van der Waals surface area contributed by atoms with Gasteiger partial charge in [0.15, 0.2) is 11.3 Å². The summed E-state index contributed by atoms with van der Waals surface area (Å²) >= 11 is 0. The molecule has 0 aliphatic carbocycles. The van der Waals surface area contributed by atoms with Crippen LogP contribution in [0.5, 0.6) is 0 Å². The van der Waals surface area contributed by atoms with Crippen LogP contribution in [0.15, 0.2) is 24.5 Å². The second kappa shape index (κ2) is 6.16. The van der Waals surface area contributed by atoms with Crippen molar-refractivity contribution < 1.29 is 22.7 Å². The van der Waals surface area contributed by atoms with Crippen LogP contribution in [0, 0.1) is 6.92 Å². The highest BCUT2D eigenvalue weighted by Crippen LogP contribution is 2.29. The first-order valence-electron chi connectivity index (χ1n) is 7.05. The number of rotatable bonds is 4. The molecular weight excluding hydrogens is 341 g/mol. The van der Waals surface area contributed by atoms with E-state index in [1.165, 1.54) is 37.2 Å². The molecule has 3 rings (SSSR count). The highest BCUT2D eigenvalue weighted by molar-refractivity contribution is 6.03. The number of carbonyl (C=O) groups is 1. The first kappa shape index (κ1) is 16.9. The molecule has 1 amide bonds. The summed E-state index contributed by atoms with van der Waals surface area (Å²) in [5.74, 6) is -0.673. The van der Waals surface area contributed by atoms with E-state index in [0.29, 0.717) is 10.2 Å². The Morgan fingerprint density at radius 3 is 2.80 bits per heavy atom. The Labute approximate surface area is 139 Å². The number of nitrogens with zero attached hydrogens (tertiary/aromatic N) is 5. The van der Waals surface area contributed by atoms with E-state index in [2.05, 4.69) is 20.5 Å². The van der Waals surface area contributed by atoms with E-state index in [1.54, 1.807) is 0 Å². The largest absolute Gasteiger partial charge is 0.433 e. The van der Waals surface area contributed by atoms with Gasteiger partial charge in [0.1, 0.15) is 12.4 Å². The smallest absolute Gasteiger partial charge is 0.362 e. The zero-order valence-corrected chi connectivity index (χ0v) is 13.2. The molecule has 3 aromatic rings. The van der Waals surface area contributed by atoms with Crippen LogP contribution in [-0.2, 0) is 17.6 Å². The van der Waals surface area contributed by atoms with E-state index >= 15 is 0 Å². The van der Waals surface area contributed by atoms with Crippen LogP contribution in [0.25, 0.3) is 5.65 Å². The molecule has 3 aromatic heterocycles. The predicted octanol–water partition coefficient (Wildman–Crippen LogP) is 2.11. The lowest BCUT2D eigenvalue weighted by molar-refractivity contribution is -0.142. The van der Waals surface area contributed by atoms with Gasteiger partial charge < -0.3 is 10.1 Å². The van der Waals surface area contributed by atoms with Gasteiger partial charge in [0.05, 0.1) is 18.1 Å². The molecule has 0 unspecified atom stereocenters. The topological polar surface area (TPSA) is 86.3 Å². The summed E-state index contributed by atoms with van der Waals surface area (Å²) < 4.78 is 46.3. The van der Waals surface area contributed by atoms with E-state index in [4.69, 9.17) is 4.74 Å². The van der Waals surface area contributed by atoms with Crippen molar-refractivity contribution in [2.75, 3.05) is 12.4 Å². The summed E-state index contributed by atoms with van der Waals surface area (Å²) in [7, 11) is 1.49. The summed E-state index contributed by atoms with van der Waals surface area (Å²) in [4.78, 5) is 16.2. The number of carbonyl (C=O) groups excluding carboxylic acids is 1. The summed E-state index contributed by atoms with van der Waals surface area (Å²) in [6, 6.07) is 2.06. The van der Waals surface area contributed by atoms with E-state index in [-0.39, 0.29) is 23.8 Å². The van der Waals surface area contributed by atoms with Crippen molar-refractivity contribution in [3.05, 3.63) is 41.6 Å². The number of fused-ring (bicyclic) bond motifs is 1. The summed E-state index contributed by atoms with van der Waals surface area (Å²) in [5, 5.41) is 10.2. The maximum atomic E-state index is 13.1. The molecule has 1 N–H and O–H groups in total. The highest BCUT2D eigenvalue weighted by Gasteiger charge is 2.35. The van der Waals surface area contributed by atoms with Gasteiger partial charge in [-0.05, 0) is 13.0 Å². The van der Waals surface area contributed by atoms with Gasteiger partial charge >= 0.3 is 6.18 Å². The van der Waals surface area contributed by atoms with Crippen molar-refractivity contribution in [3.8, 4) is 0 Å². The fourth-order valence-corrected chi connectivity index (χ4v) is 2.24. The van der Waals surface area contributed by atoms with Crippen LogP contribution < -0.4 is 5.32 Å². The van der Waals surface area contributed by atoms with Gasteiger partial charge in [-0.1, -0.05) is 0 Å². The van der Waals surface area contributed by atoms with Gasteiger partial charge in [-0.3, -0.25) is 4.79 Å². The third-order valence-electron chi connectivity index (χ3n) is 3.23. The van der Waals surface area contributed by atoms with Crippen LogP contribution in [0.4, 0.5) is 18.9 Å². The monoisotopic (exact) mass is 354 g/mol. The van der Waals surface area contributed by atoms with Crippen molar-refractivity contribution in [2.24, 2.45) is 0 Å². The maximum absolute atomic E-state index is 13.1. The minimum Gasteiger partial charge on any atom is -0.362 e. The molecule has 0 saturated carbocycles. The lowest BCUT2D eigenvalue weighted by Gasteiger charge is -2.09. The molecular formula is C14H13F3N6O2. The third-order valence-corrected chi connectivity index (χ3v) is 3.23. The number of hydrogen-bond donors (Lipinski definition) is 1. The SMILES string of the molecule is COCn1cc(NC(=O)c2cc3nc(C)cc(C(F)(F)F)n3n2)cn1. The quantitative estimate of drug-likeness (QED) is 0.775. The van der Waals surface area contributed by atoms with E-state index < -0.39 is 17.8 Å². The number of anilines is 1. The molecule has 0 fully saturated rings. The van der Waals surface area contributed by atoms with Crippen LogP contribution in [0.2, 0.25) is 0 Å². The second-order valence-corrected chi connectivity index (χ2v) is 5.22. The highest BCUT2D eigenvalue weighted by atomic mass is 19.4. The normalized spacial score (nSPS) is 11.9. The van der Waals surface area contributed by atoms with E-state index in [0.717, 1.165) is 6.07 Å². The number of aromatic nitrogens is 5. The molecule has 25 heavy (non-hydrogen) atoms. The second-order valence-electron chi connectivity index (χ2n) is 5.22. The van der Waals surface area contributed by atoms with E-state index in [1.807, 2.05) is 0 Å². The lowest BCUT2D eigenvalue weighted by atomic mass is 10.3. The Bertz CT molecular complexity index is 930. The molecule has 0 radical (unpaired) electrons. The van der Waals surface area contributed by atoms with Crippen LogP contribution in [-0.4, -0.2) is 37.4 Å². The number of ether oxygens (including phenoxy) is 1. The van der Waals surface area contributed by atoms with Crippen LogP contribution in [0.1, 0.15) is 21.9 Å². The predicted molar refractivity (Wildman–Crippen MR) is 79.9 cm³/mol. The molecule has 0 aliphatic heterocycles. The number of nitrogens with one attached hydrogen (secondary N) is 1. The average Bonchev–Trinajstić information content (AvgIpc) is 3.12. The molecule has 0 aliphatic rings. The molecule has 11 heteroatoms. The van der Waals surface area contributed by atoms with Crippen molar-refractivity contribution in [1.29, 1.82) is 0 Å². The van der Waals surface area contributed by atoms with Crippen molar-refractivity contribution >= 4 is 17.2 Å². The summed E-state index contributed by atoms with van der Waals surface area (Å²) in [6.07, 6.45) is -1.72. The number of alkyl halides is 3. The first-order chi connectivity index (χ1) is 11.8. The zero-order chi connectivity index (χ0) is 18.2. The van der Waals surface area contributed by atoms with Gasteiger partial charge in [-0.2, -0.15) is 23.4 Å². The first-order valence-corrected chi connectivity index (χ1v) is 7.05. The van der Waals surface area contributed by atoms with E-state index in [9.17, 15) is 18.0 Å². The molecule has 8 nitrogen and oxygen atoms in total. The molecule has 0 spiro atoms. The van der Waals surface area contributed by atoms with Crippen molar-refractivity contribution in [3.63, 3.8) is 0 Å². The van der Waals surface area contributed by atoms with Crippen LogP contribution >= 0.6 is 0 Å². The van der Waals surface area contributed by atoms with Gasteiger partial charge in [0.2, 0.25) is 0 Å². The minimum atomic E-state index is -4.62. The zero-order valence-electron chi connectivity index (χ0n) is 13.2. The molecule has 0 atom stereocenters. The lowest BCUT2D eigenvalue weighted by Crippen LogP contribution is -2.15.